The Labute approximate surface area is 160 Å². The van der Waals surface area contributed by atoms with Crippen molar-refractivity contribution in [1.82, 2.24) is 15.1 Å². The summed E-state index contributed by atoms with van der Waals surface area (Å²) < 4.78 is 0. The summed E-state index contributed by atoms with van der Waals surface area (Å²) in [5.74, 6) is 0.543. The minimum absolute atomic E-state index is 0.543. The lowest BCUT2D eigenvalue weighted by molar-refractivity contribution is 0.203. The van der Waals surface area contributed by atoms with Crippen LogP contribution >= 0.6 is 11.6 Å². The van der Waals surface area contributed by atoms with Gasteiger partial charge in [0, 0.05) is 17.5 Å². The molecule has 134 valence electrons. The Bertz CT molecular complexity index is 844. The molecule has 0 aliphatic carbocycles. The van der Waals surface area contributed by atoms with Crippen LogP contribution in [0.4, 0.5) is 0 Å². The molecule has 1 fully saturated rings. The molecule has 4 heteroatoms. The van der Waals surface area contributed by atoms with Crippen molar-refractivity contribution in [2.75, 3.05) is 13.1 Å². The first-order valence-corrected chi connectivity index (χ1v) is 9.64. The van der Waals surface area contributed by atoms with Gasteiger partial charge in [-0.25, -0.2) is 0 Å². The van der Waals surface area contributed by atoms with Gasteiger partial charge in [0.25, 0.3) is 0 Å². The van der Waals surface area contributed by atoms with Crippen LogP contribution in [-0.4, -0.2) is 28.2 Å². The highest BCUT2D eigenvalue weighted by molar-refractivity contribution is 6.30. The van der Waals surface area contributed by atoms with E-state index in [1.165, 1.54) is 16.8 Å². The van der Waals surface area contributed by atoms with Crippen molar-refractivity contribution in [3.05, 3.63) is 76.4 Å². The van der Waals surface area contributed by atoms with Gasteiger partial charge in [0.15, 0.2) is 0 Å². The molecule has 0 spiro atoms. The first-order chi connectivity index (χ1) is 12.7. The number of likely N-dealkylation sites (tertiary alicyclic amines) is 1. The summed E-state index contributed by atoms with van der Waals surface area (Å²) in [4.78, 5) is 2.55. The highest BCUT2D eigenvalue weighted by atomic mass is 35.5. The predicted octanol–water partition coefficient (Wildman–Crippen LogP) is 5.42. The van der Waals surface area contributed by atoms with Crippen molar-refractivity contribution in [3.63, 3.8) is 0 Å². The van der Waals surface area contributed by atoms with Crippen molar-refractivity contribution in [2.45, 2.75) is 32.2 Å². The number of aromatic amines is 1. The number of halogens is 1. The van der Waals surface area contributed by atoms with E-state index in [1.54, 1.807) is 0 Å². The molecule has 0 unspecified atom stereocenters. The lowest BCUT2D eigenvalue weighted by Crippen LogP contribution is -2.32. The van der Waals surface area contributed by atoms with Gasteiger partial charge in [-0.05, 0) is 62.2 Å². The molecule has 0 bridgehead atoms. The maximum Gasteiger partial charge on any atom is 0.0660 e. The van der Waals surface area contributed by atoms with E-state index in [-0.39, 0.29) is 0 Å². The lowest BCUT2D eigenvalue weighted by Gasteiger charge is -2.31. The minimum atomic E-state index is 0.543. The Balaban J connectivity index is 1.36. The van der Waals surface area contributed by atoms with E-state index in [0.717, 1.165) is 48.8 Å². The van der Waals surface area contributed by atoms with E-state index >= 15 is 0 Å². The fourth-order valence-corrected chi connectivity index (χ4v) is 3.79. The molecule has 2 heterocycles. The average molecular weight is 366 g/mol. The van der Waals surface area contributed by atoms with E-state index in [0.29, 0.717) is 5.92 Å². The molecule has 26 heavy (non-hydrogen) atoms. The van der Waals surface area contributed by atoms with Crippen LogP contribution in [0.2, 0.25) is 5.02 Å². The van der Waals surface area contributed by atoms with Crippen molar-refractivity contribution in [1.29, 1.82) is 0 Å². The molecule has 0 amide bonds. The van der Waals surface area contributed by atoms with Crippen LogP contribution in [-0.2, 0) is 6.54 Å². The Kier molecular flexibility index (Phi) is 5.09. The van der Waals surface area contributed by atoms with Crippen LogP contribution in [0.1, 0.15) is 35.6 Å². The molecule has 1 aromatic heterocycles. The second-order valence-corrected chi connectivity index (χ2v) is 7.69. The Morgan fingerprint density at radius 2 is 1.73 bits per heavy atom. The average Bonchev–Trinajstić information content (AvgIpc) is 3.15. The maximum atomic E-state index is 5.97. The molecule has 1 N–H and O–H groups in total. The number of hydrogen-bond acceptors (Lipinski definition) is 2. The second-order valence-electron chi connectivity index (χ2n) is 7.25. The number of benzene rings is 2. The molecule has 0 atom stereocenters. The highest BCUT2D eigenvalue weighted by Gasteiger charge is 2.22. The zero-order valence-electron chi connectivity index (χ0n) is 15.1. The third-order valence-corrected chi connectivity index (χ3v) is 5.54. The number of piperidine rings is 1. The van der Waals surface area contributed by atoms with Gasteiger partial charge in [0.1, 0.15) is 0 Å². The Hall–Kier alpha value is -2.10. The molecule has 3 aromatic rings. The first kappa shape index (κ1) is 17.3. The lowest BCUT2D eigenvalue weighted by atomic mass is 9.93. The maximum absolute atomic E-state index is 5.97. The number of H-pyrrole nitrogens is 1. The largest absolute Gasteiger partial charge is 0.299 e. The van der Waals surface area contributed by atoms with Gasteiger partial charge < -0.3 is 0 Å². The summed E-state index contributed by atoms with van der Waals surface area (Å²) in [6.45, 7) is 5.43. The molecule has 2 aromatic carbocycles. The monoisotopic (exact) mass is 365 g/mol. The fraction of sp³-hybridized carbons (Fsp3) is 0.318. The fourth-order valence-electron chi connectivity index (χ4n) is 3.66. The number of hydrogen-bond donors (Lipinski definition) is 1. The number of rotatable bonds is 4. The molecule has 1 aliphatic heterocycles. The van der Waals surface area contributed by atoms with Crippen LogP contribution in [0, 0.1) is 6.92 Å². The SMILES string of the molecule is Cc1ccc(CN2CCC(c3cc(-c4ccc(Cl)cc4)[nH]n3)CC2)cc1. The summed E-state index contributed by atoms with van der Waals surface area (Å²) in [5, 5.41) is 8.53. The summed E-state index contributed by atoms with van der Waals surface area (Å²) in [7, 11) is 0. The molecule has 1 saturated heterocycles. The zero-order valence-corrected chi connectivity index (χ0v) is 15.8. The third-order valence-electron chi connectivity index (χ3n) is 5.29. The molecular formula is C22H24ClN3. The number of aromatic nitrogens is 2. The Morgan fingerprint density at radius 3 is 2.42 bits per heavy atom. The molecule has 3 nitrogen and oxygen atoms in total. The third kappa shape index (κ3) is 4.00. The van der Waals surface area contributed by atoms with Crippen molar-refractivity contribution in [2.24, 2.45) is 0 Å². The van der Waals surface area contributed by atoms with E-state index in [1.807, 2.05) is 24.3 Å². The number of aryl methyl sites for hydroxylation is 1. The summed E-state index contributed by atoms with van der Waals surface area (Å²) in [5.41, 5.74) is 6.11. The standard InChI is InChI=1S/C22H24ClN3/c1-16-2-4-17(5-3-16)15-26-12-10-19(11-13-26)22-14-21(24-25-22)18-6-8-20(23)9-7-18/h2-9,14,19H,10-13,15H2,1H3,(H,24,25). The van der Waals surface area contributed by atoms with Gasteiger partial charge in [0.05, 0.1) is 11.4 Å². The Morgan fingerprint density at radius 1 is 1.04 bits per heavy atom. The molecule has 0 radical (unpaired) electrons. The van der Waals surface area contributed by atoms with E-state index < -0.39 is 0 Å². The van der Waals surface area contributed by atoms with Crippen molar-refractivity contribution < 1.29 is 0 Å². The van der Waals surface area contributed by atoms with E-state index in [9.17, 15) is 0 Å². The van der Waals surface area contributed by atoms with Crippen molar-refractivity contribution >= 4 is 11.6 Å². The topological polar surface area (TPSA) is 31.9 Å². The summed E-state index contributed by atoms with van der Waals surface area (Å²) in [6.07, 6.45) is 2.33. The second kappa shape index (κ2) is 7.65. The molecule has 1 aliphatic rings. The van der Waals surface area contributed by atoms with Gasteiger partial charge in [-0.3, -0.25) is 10.00 Å². The number of nitrogens with zero attached hydrogens (tertiary/aromatic N) is 2. The minimum Gasteiger partial charge on any atom is -0.299 e. The summed E-state index contributed by atoms with van der Waals surface area (Å²) in [6, 6.07) is 19.0. The first-order valence-electron chi connectivity index (χ1n) is 9.26. The predicted molar refractivity (Wildman–Crippen MR) is 107 cm³/mol. The quantitative estimate of drug-likeness (QED) is 0.669. The van der Waals surface area contributed by atoms with Gasteiger partial charge in [-0.1, -0.05) is 53.6 Å². The molecular weight excluding hydrogens is 342 g/mol. The number of nitrogens with one attached hydrogen (secondary N) is 1. The zero-order chi connectivity index (χ0) is 17.9. The summed E-state index contributed by atoms with van der Waals surface area (Å²) >= 11 is 5.97. The van der Waals surface area contributed by atoms with Crippen LogP contribution in [0.5, 0.6) is 0 Å². The van der Waals surface area contributed by atoms with E-state index in [2.05, 4.69) is 52.4 Å². The highest BCUT2D eigenvalue weighted by Crippen LogP contribution is 2.30. The van der Waals surface area contributed by atoms with Gasteiger partial charge >= 0.3 is 0 Å². The van der Waals surface area contributed by atoms with Crippen LogP contribution in [0.3, 0.4) is 0 Å². The van der Waals surface area contributed by atoms with Crippen molar-refractivity contribution in [3.8, 4) is 11.3 Å². The van der Waals surface area contributed by atoms with Gasteiger partial charge in [-0.2, -0.15) is 5.10 Å². The van der Waals surface area contributed by atoms with Crippen LogP contribution in [0.25, 0.3) is 11.3 Å². The molecule has 4 rings (SSSR count). The smallest absolute Gasteiger partial charge is 0.0660 e. The van der Waals surface area contributed by atoms with Gasteiger partial charge in [0.2, 0.25) is 0 Å². The van der Waals surface area contributed by atoms with E-state index in [4.69, 9.17) is 11.6 Å². The van der Waals surface area contributed by atoms with Gasteiger partial charge in [-0.15, -0.1) is 0 Å². The molecule has 0 saturated carbocycles. The normalized spacial score (nSPS) is 16.1. The van der Waals surface area contributed by atoms with Crippen LogP contribution < -0.4 is 0 Å². The van der Waals surface area contributed by atoms with Crippen LogP contribution in [0.15, 0.2) is 54.6 Å².